The minimum atomic E-state index is -0.169. The minimum Gasteiger partial charge on any atom is -0.310 e. The number of ketones is 1. The molecular weight excluding hydrogens is 232 g/mol. The van der Waals surface area contributed by atoms with Gasteiger partial charge in [-0.05, 0) is 19.9 Å². The van der Waals surface area contributed by atoms with Crippen molar-refractivity contribution in [3.05, 3.63) is 0 Å². The second-order valence-corrected chi connectivity index (χ2v) is 4.22. The van der Waals surface area contributed by atoms with E-state index in [0.29, 0.717) is 32.5 Å². The van der Waals surface area contributed by atoms with Crippen molar-refractivity contribution in [3.63, 3.8) is 0 Å². The maximum atomic E-state index is 11.5. The quantitative estimate of drug-likeness (QED) is 0.574. The van der Waals surface area contributed by atoms with E-state index < -0.39 is 0 Å². The molecule has 0 aromatic rings. The summed E-state index contributed by atoms with van der Waals surface area (Å²) in [5.74, 6) is -0.236. The summed E-state index contributed by atoms with van der Waals surface area (Å²) < 4.78 is 0. The van der Waals surface area contributed by atoms with Crippen LogP contribution in [0.15, 0.2) is 0 Å². The second-order valence-electron chi connectivity index (χ2n) is 4.22. The largest absolute Gasteiger partial charge is 0.310 e. The predicted molar refractivity (Wildman–Crippen MR) is 72.1 cm³/mol. The van der Waals surface area contributed by atoms with Crippen LogP contribution in [-0.4, -0.2) is 42.1 Å². The van der Waals surface area contributed by atoms with Crippen LogP contribution in [0.3, 0.4) is 0 Å². The molecule has 0 radical (unpaired) electrons. The number of likely N-dealkylation sites (tertiary alicyclic amines) is 1. The fourth-order valence-corrected chi connectivity index (χ4v) is 1.71. The first kappa shape index (κ1) is 16.8. The topological polar surface area (TPSA) is 66.5 Å². The molecule has 1 atom stereocenters. The number of nitrogens with one attached hydrogen (secondary N) is 1. The lowest BCUT2D eigenvalue weighted by atomic mass is 10.1. The Morgan fingerprint density at radius 2 is 2.06 bits per heavy atom. The van der Waals surface area contributed by atoms with Crippen LogP contribution in [-0.2, 0) is 14.4 Å². The molecule has 5 nitrogen and oxygen atoms in total. The molecule has 0 aromatic heterocycles. The highest BCUT2D eigenvalue weighted by Crippen LogP contribution is 2.18. The molecule has 2 amide bonds. The molecule has 1 aliphatic rings. The van der Waals surface area contributed by atoms with Gasteiger partial charge in [0, 0.05) is 20.3 Å². The second kappa shape index (κ2) is 8.80. The Morgan fingerprint density at radius 3 is 2.50 bits per heavy atom. The Kier molecular flexibility index (Phi) is 8.20. The summed E-state index contributed by atoms with van der Waals surface area (Å²) in [6.45, 7) is 8.73. The van der Waals surface area contributed by atoms with Crippen LogP contribution >= 0.6 is 0 Å². The van der Waals surface area contributed by atoms with Crippen molar-refractivity contribution in [2.24, 2.45) is 5.92 Å². The first-order valence-electron chi connectivity index (χ1n) is 6.56. The van der Waals surface area contributed by atoms with E-state index in [-0.39, 0.29) is 24.9 Å². The Balaban J connectivity index is 0. The minimum absolute atomic E-state index is 0. The number of rotatable bonds is 6. The van der Waals surface area contributed by atoms with Crippen molar-refractivity contribution in [2.45, 2.75) is 40.5 Å². The summed E-state index contributed by atoms with van der Waals surface area (Å²) in [5.41, 5.74) is 0. The highest BCUT2D eigenvalue weighted by Gasteiger charge is 2.34. The van der Waals surface area contributed by atoms with Gasteiger partial charge < -0.3 is 5.32 Å². The molecule has 0 spiro atoms. The maximum Gasteiger partial charge on any atom is 0.232 e. The predicted octanol–water partition coefficient (Wildman–Crippen LogP) is 1.22. The van der Waals surface area contributed by atoms with Gasteiger partial charge in [-0.2, -0.15) is 0 Å². The van der Waals surface area contributed by atoms with E-state index in [1.807, 2.05) is 13.8 Å². The molecule has 0 bridgehead atoms. The van der Waals surface area contributed by atoms with Crippen molar-refractivity contribution in [2.75, 3.05) is 19.6 Å². The van der Waals surface area contributed by atoms with Crippen molar-refractivity contribution in [1.82, 2.24) is 10.2 Å². The molecule has 1 saturated heterocycles. The zero-order valence-corrected chi connectivity index (χ0v) is 11.8. The van der Waals surface area contributed by atoms with Crippen LogP contribution < -0.4 is 5.32 Å². The lowest BCUT2D eigenvalue weighted by Gasteiger charge is -2.13. The molecule has 0 aromatic carbocycles. The first-order valence-corrected chi connectivity index (χ1v) is 6.56. The van der Waals surface area contributed by atoms with Gasteiger partial charge in [0.15, 0.2) is 0 Å². The SMILES string of the molecule is CC.CC(=O)CNCCCN1C(=O)CC(C)C1=O.[HH]. The zero-order chi connectivity index (χ0) is 14.1. The summed E-state index contributed by atoms with van der Waals surface area (Å²) >= 11 is 0. The average Bonchev–Trinajstić information content (AvgIpc) is 2.57. The van der Waals surface area contributed by atoms with Gasteiger partial charge in [0.2, 0.25) is 11.8 Å². The Morgan fingerprint density at radius 1 is 1.44 bits per heavy atom. The van der Waals surface area contributed by atoms with Crippen LogP contribution in [0.5, 0.6) is 0 Å². The van der Waals surface area contributed by atoms with Gasteiger partial charge >= 0.3 is 0 Å². The smallest absolute Gasteiger partial charge is 0.232 e. The van der Waals surface area contributed by atoms with Gasteiger partial charge in [0.1, 0.15) is 5.78 Å². The molecule has 1 aliphatic heterocycles. The molecule has 1 heterocycles. The molecule has 5 heteroatoms. The van der Waals surface area contributed by atoms with E-state index in [9.17, 15) is 14.4 Å². The maximum absolute atomic E-state index is 11.5. The fraction of sp³-hybridized carbons (Fsp3) is 0.769. The molecule has 1 unspecified atom stereocenters. The molecule has 106 valence electrons. The van der Waals surface area contributed by atoms with Gasteiger partial charge in [-0.25, -0.2) is 0 Å². The molecule has 18 heavy (non-hydrogen) atoms. The number of carbonyl (C=O) groups is 3. The molecular formula is C13H26N2O3. The molecule has 1 N–H and O–H groups in total. The number of imide groups is 1. The summed E-state index contributed by atoms with van der Waals surface area (Å²) in [7, 11) is 0. The Labute approximate surface area is 110 Å². The summed E-state index contributed by atoms with van der Waals surface area (Å²) in [6.07, 6.45) is 1.02. The molecule has 1 rings (SSSR count). The Hall–Kier alpha value is -1.23. The molecule has 0 aliphatic carbocycles. The number of Topliss-reactive ketones (excluding diaryl/α,β-unsaturated/α-hetero) is 1. The standard InChI is InChI=1S/C11H18N2O3.C2H6.H2/c1-8-6-10(15)13(11(8)16)5-3-4-12-7-9(2)14;1-2;/h8,12H,3-7H2,1-2H3;1-2H3;1H. The fourth-order valence-electron chi connectivity index (χ4n) is 1.71. The van der Waals surface area contributed by atoms with Gasteiger partial charge in [-0.3, -0.25) is 19.3 Å². The number of hydrogen-bond acceptors (Lipinski definition) is 4. The van der Waals surface area contributed by atoms with Gasteiger partial charge in [-0.1, -0.05) is 20.8 Å². The highest BCUT2D eigenvalue weighted by atomic mass is 16.2. The molecule has 1 fully saturated rings. The number of hydrogen-bond donors (Lipinski definition) is 1. The normalized spacial score (nSPS) is 18.7. The van der Waals surface area contributed by atoms with Crippen molar-refractivity contribution < 1.29 is 15.8 Å². The lowest BCUT2D eigenvalue weighted by Crippen LogP contribution is -2.33. The summed E-state index contributed by atoms with van der Waals surface area (Å²) in [6, 6.07) is 0. The van der Waals surface area contributed by atoms with Crippen molar-refractivity contribution >= 4 is 17.6 Å². The number of carbonyl (C=O) groups excluding carboxylic acids is 3. The summed E-state index contributed by atoms with van der Waals surface area (Å²) in [5, 5.41) is 2.95. The summed E-state index contributed by atoms with van der Waals surface area (Å²) in [4.78, 5) is 34.9. The highest BCUT2D eigenvalue weighted by molar-refractivity contribution is 6.03. The number of amides is 2. The van der Waals surface area contributed by atoms with Gasteiger partial charge in [0.05, 0.1) is 6.54 Å². The van der Waals surface area contributed by atoms with Gasteiger partial charge in [-0.15, -0.1) is 0 Å². The van der Waals surface area contributed by atoms with E-state index in [0.717, 1.165) is 0 Å². The van der Waals surface area contributed by atoms with E-state index in [2.05, 4.69) is 5.32 Å². The number of nitrogens with zero attached hydrogens (tertiary/aromatic N) is 1. The van der Waals surface area contributed by atoms with Crippen LogP contribution in [0.4, 0.5) is 0 Å². The van der Waals surface area contributed by atoms with Crippen LogP contribution in [0, 0.1) is 5.92 Å². The van der Waals surface area contributed by atoms with Gasteiger partial charge in [0.25, 0.3) is 0 Å². The monoisotopic (exact) mass is 258 g/mol. The van der Waals surface area contributed by atoms with Crippen LogP contribution in [0.2, 0.25) is 0 Å². The van der Waals surface area contributed by atoms with E-state index in [1.165, 1.54) is 11.8 Å². The lowest BCUT2D eigenvalue weighted by molar-refractivity contribution is -0.139. The molecule has 0 saturated carbocycles. The third kappa shape index (κ3) is 5.40. The third-order valence-corrected chi connectivity index (χ3v) is 2.58. The average molecular weight is 258 g/mol. The first-order chi connectivity index (χ1) is 8.52. The van der Waals surface area contributed by atoms with Crippen LogP contribution in [0.25, 0.3) is 0 Å². The van der Waals surface area contributed by atoms with E-state index >= 15 is 0 Å². The van der Waals surface area contributed by atoms with Crippen LogP contribution in [0.1, 0.15) is 42.0 Å². The van der Waals surface area contributed by atoms with E-state index in [4.69, 9.17) is 0 Å². The Bertz CT molecular complexity index is 308. The third-order valence-electron chi connectivity index (χ3n) is 2.58. The zero-order valence-electron chi connectivity index (χ0n) is 11.8. The van der Waals surface area contributed by atoms with E-state index in [1.54, 1.807) is 6.92 Å². The van der Waals surface area contributed by atoms with Crippen molar-refractivity contribution in [1.29, 1.82) is 0 Å². The van der Waals surface area contributed by atoms with Crippen molar-refractivity contribution in [3.8, 4) is 0 Å².